The van der Waals surface area contributed by atoms with Crippen LogP contribution in [0.15, 0.2) is 59.6 Å². The van der Waals surface area contributed by atoms with Crippen LogP contribution in [0.3, 0.4) is 0 Å². The SMILES string of the molecule is CC1(c2ccccc2)CCCN(C(=O)/N=C(/N)c2ccccc2O)C1. The van der Waals surface area contributed by atoms with Gasteiger partial charge in [-0.25, -0.2) is 4.79 Å². The van der Waals surface area contributed by atoms with Gasteiger partial charge in [0, 0.05) is 18.5 Å². The summed E-state index contributed by atoms with van der Waals surface area (Å²) >= 11 is 0. The summed E-state index contributed by atoms with van der Waals surface area (Å²) in [5.74, 6) is 0.0550. The van der Waals surface area contributed by atoms with Gasteiger partial charge in [-0.05, 0) is 30.5 Å². The van der Waals surface area contributed by atoms with Crippen molar-refractivity contribution in [1.29, 1.82) is 0 Å². The molecular formula is C20H23N3O2. The van der Waals surface area contributed by atoms with Gasteiger partial charge in [0.25, 0.3) is 0 Å². The summed E-state index contributed by atoms with van der Waals surface area (Å²) in [6.45, 7) is 3.45. The molecule has 5 nitrogen and oxygen atoms in total. The van der Waals surface area contributed by atoms with E-state index < -0.39 is 0 Å². The number of amides is 2. The first-order chi connectivity index (χ1) is 12.0. The Hall–Kier alpha value is -2.82. The number of aromatic hydroxyl groups is 1. The lowest BCUT2D eigenvalue weighted by Gasteiger charge is -2.40. The molecule has 1 saturated heterocycles. The number of nitrogens with zero attached hydrogens (tertiary/aromatic N) is 2. The minimum Gasteiger partial charge on any atom is -0.507 e. The minimum absolute atomic E-state index is 0.0179. The molecule has 1 aliphatic heterocycles. The Morgan fingerprint density at radius 2 is 1.84 bits per heavy atom. The fraction of sp³-hybridized carbons (Fsp3) is 0.300. The first kappa shape index (κ1) is 17.0. The molecule has 25 heavy (non-hydrogen) atoms. The standard InChI is InChI=1S/C20H23N3O2/c1-20(15-8-3-2-4-9-15)12-7-13-23(14-20)19(25)22-18(21)16-10-5-6-11-17(16)24/h2-6,8-11,24H,7,12-14H2,1H3,(H2,21,22,25). The lowest BCUT2D eigenvalue weighted by molar-refractivity contribution is 0.164. The molecule has 0 aliphatic carbocycles. The van der Waals surface area contributed by atoms with Crippen molar-refractivity contribution in [3.63, 3.8) is 0 Å². The zero-order chi connectivity index (χ0) is 17.9. The van der Waals surface area contributed by atoms with E-state index >= 15 is 0 Å². The molecular weight excluding hydrogens is 314 g/mol. The molecule has 1 fully saturated rings. The quantitative estimate of drug-likeness (QED) is 0.652. The summed E-state index contributed by atoms with van der Waals surface area (Å²) in [7, 11) is 0. The van der Waals surface area contributed by atoms with E-state index in [0.717, 1.165) is 12.8 Å². The number of aliphatic imine (C=N–C) groups is 1. The summed E-state index contributed by atoms with van der Waals surface area (Å²) in [4.78, 5) is 18.3. The normalized spacial score (nSPS) is 21.2. The summed E-state index contributed by atoms with van der Waals surface area (Å²) in [6, 6.07) is 16.5. The molecule has 1 unspecified atom stereocenters. The molecule has 2 aromatic carbocycles. The van der Waals surface area contributed by atoms with E-state index in [1.165, 1.54) is 11.6 Å². The van der Waals surface area contributed by atoms with E-state index in [9.17, 15) is 9.90 Å². The average molecular weight is 337 g/mol. The lowest BCUT2D eigenvalue weighted by Crippen LogP contribution is -2.46. The zero-order valence-electron chi connectivity index (χ0n) is 14.4. The van der Waals surface area contributed by atoms with Crippen LogP contribution in [0, 0.1) is 0 Å². The summed E-state index contributed by atoms with van der Waals surface area (Å²) in [6.07, 6.45) is 1.95. The lowest BCUT2D eigenvalue weighted by atomic mass is 9.76. The van der Waals surface area contributed by atoms with E-state index in [1.807, 2.05) is 18.2 Å². The van der Waals surface area contributed by atoms with Crippen LogP contribution < -0.4 is 5.73 Å². The Bertz CT molecular complexity index is 789. The molecule has 2 amide bonds. The number of phenols is 1. The van der Waals surface area contributed by atoms with E-state index in [-0.39, 0.29) is 23.0 Å². The third-order valence-electron chi connectivity index (χ3n) is 4.83. The van der Waals surface area contributed by atoms with Crippen molar-refractivity contribution >= 4 is 11.9 Å². The Balaban J connectivity index is 1.79. The average Bonchev–Trinajstić information content (AvgIpc) is 2.63. The topological polar surface area (TPSA) is 78.9 Å². The third kappa shape index (κ3) is 3.65. The van der Waals surface area contributed by atoms with Crippen LogP contribution >= 0.6 is 0 Å². The van der Waals surface area contributed by atoms with Gasteiger partial charge in [-0.3, -0.25) is 0 Å². The zero-order valence-corrected chi connectivity index (χ0v) is 14.4. The Labute approximate surface area is 147 Å². The molecule has 3 N–H and O–H groups in total. The van der Waals surface area contributed by atoms with Crippen molar-refractivity contribution in [2.75, 3.05) is 13.1 Å². The predicted octanol–water partition coefficient (Wildman–Crippen LogP) is 3.27. The van der Waals surface area contributed by atoms with Gasteiger partial charge in [-0.15, -0.1) is 0 Å². The number of carbonyl (C=O) groups is 1. The van der Waals surface area contributed by atoms with Crippen LogP contribution in [0.25, 0.3) is 0 Å². The number of carbonyl (C=O) groups excluding carboxylic acids is 1. The van der Waals surface area contributed by atoms with Gasteiger partial charge >= 0.3 is 6.03 Å². The van der Waals surface area contributed by atoms with Gasteiger partial charge in [-0.1, -0.05) is 49.4 Å². The second-order valence-corrected chi connectivity index (χ2v) is 6.75. The van der Waals surface area contributed by atoms with Crippen molar-refractivity contribution < 1.29 is 9.90 Å². The highest BCUT2D eigenvalue weighted by atomic mass is 16.3. The Kier molecular flexibility index (Phi) is 4.74. The molecule has 5 heteroatoms. The molecule has 0 aromatic heterocycles. The Morgan fingerprint density at radius 1 is 1.16 bits per heavy atom. The number of hydrogen-bond donors (Lipinski definition) is 2. The molecule has 130 valence electrons. The van der Waals surface area contributed by atoms with E-state index in [1.54, 1.807) is 23.1 Å². The molecule has 0 bridgehead atoms. The molecule has 1 aliphatic rings. The third-order valence-corrected chi connectivity index (χ3v) is 4.83. The largest absolute Gasteiger partial charge is 0.507 e. The molecule has 1 heterocycles. The fourth-order valence-corrected chi connectivity index (χ4v) is 3.40. The van der Waals surface area contributed by atoms with Gasteiger partial charge in [0.05, 0.1) is 5.56 Å². The second kappa shape index (κ2) is 6.97. The molecule has 2 aromatic rings. The van der Waals surface area contributed by atoms with Crippen LogP contribution in [0.2, 0.25) is 0 Å². The highest BCUT2D eigenvalue weighted by Gasteiger charge is 2.34. The van der Waals surface area contributed by atoms with Crippen molar-refractivity contribution in [3.8, 4) is 5.75 Å². The van der Waals surface area contributed by atoms with Gasteiger partial charge < -0.3 is 15.7 Å². The monoisotopic (exact) mass is 337 g/mol. The molecule has 3 rings (SSSR count). The second-order valence-electron chi connectivity index (χ2n) is 6.75. The van der Waals surface area contributed by atoms with Crippen molar-refractivity contribution in [2.24, 2.45) is 10.7 Å². The Morgan fingerprint density at radius 3 is 2.56 bits per heavy atom. The van der Waals surface area contributed by atoms with Crippen molar-refractivity contribution in [3.05, 3.63) is 65.7 Å². The number of phenolic OH excluding ortho intramolecular Hbond substituents is 1. The maximum atomic E-state index is 12.6. The smallest absolute Gasteiger partial charge is 0.345 e. The first-order valence-corrected chi connectivity index (χ1v) is 8.46. The summed E-state index contributed by atoms with van der Waals surface area (Å²) in [5, 5.41) is 9.85. The number of piperidine rings is 1. The van der Waals surface area contributed by atoms with Crippen LogP contribution in [-0.2, 0) is 5.41 Å². The maximum Gasteiger partial charge on any atom is 0.345 e. The number of para-hydroxylation sites is 1. The molecule has 1 atom stereocenters. The van der Waals surface area contributed by atoms with Crippen LogP contribution in [0.5, 0.6) is 5.75 Å². The van der Waals surface area contributed by atoms with Crippen LogP contribution in [-0.4, -0.2) is 35.0 Å². The van der Waals surface area contributed by atoms with Gasteiger partial charge in [0.2, 0.25) is 0 Å². The fourth-order valence-electron chi connectivity index (χ4n) is 3.40. The number of nitrogens with two attached hydrogens (primary N) is 1. The maximum absolute atomic E-state index is 12.6. The van der Waals surface area contributed by atoms with E-state index in [0.29, 0.717) is 18.7 Å². The first-order valence-electron chi connectivity index (χ1n) is 8.46. The van der Waals surface area contributed by atoms with Crippen molar-refractivity contribution in [2.45, 2.75) is 25.2 Å². The highest BCUT2D eigenvalue weighted by molar-refractivity contribution is 6.05. The number of benzene rings is 2. The number of hydrogen-bond acceptors (Lipinski definition) is 2. The highest BCUT2D eigenvalue weighted by Crippen LogP contribution is 2.33. The van der Waals surface area contributed by atoms with Crippen molar-refractivity contribution in [1.82, 2.24) is 4.90 Å². The molecule has 0 radical (unpaired) electrons. The summed E-state index contributed by atoms with van der Waals surface area (Å²) in [5.41, 5.74) is 7.44. The molecule has 0 saturated carbocycles. The van der Waals surface area contributed by atoms with Gasteiger partial charge in [0.15, 0.2) is 0 Å². The number of rotatable bonds is 2. The van der Waals surface area contributed by atoms with E-state index in [2.05, 4.69) is 24.0 Å². The number of urea groups is 1. The number of likely N-dealkylation sites (tertiary alicyclic amines) is 1. The number of amidine groups is 1. The molecule has 0 spiro atoms. The van der Waals surface area contributed by atoms with Gasteiger partial charge in [0.1, 0.15) is 11.6 Å². The van der Waals surface area contributed by atoms with Crippen LogP contribution in [0.1, 0.15) is 30.9 Å². The predicted molar refractivity (Wildman–Crippen MR) is 98.8 cm³/mol. The van der Waals surface area contributed by atoms with E-state index in [4.69, 9.17) is 5.73 Å². The van der Waals surface area contributed by atoms with Gasteiger partial charge in [-0.2, -0.15) is 4.99 Å². The minimum atomic E-state index is -0.359. The van der Waals surface area contributed by atoms with Crippen LogP contribution in [0.4, 0.5) is 4.79 Å². The summed E-state index contributed by atoms with van der Waals surface area (Å²) < 4.78 is 0.